The monoisotopic (exact) mass is 284 g/mol. The molecule has 0 amide bonds. The summed E-state index contributed by atoms with van der Waals surface area (Å²) in [6.45, 7) is 5.03. The molecule has 3 nitrogen and oxygen atoms in total. The van der Waals surface area contributed by atoms with Gasteiger partial charge in [0.2, 0.25) is 0 Å². The molecule has 1 N–H and O–H groups in total. The lowest BCUT2D eigenvalue weighted by Gasteiger charge is -2.28. The third-order valence-corrected chi connectivity index (χ3v) is 3.91. The lowest BCUT2D eigenvalue weighted by Crippen LogP contribution is -2.32. The van der Waals surface area contributed by atoms with Gasteiger partial charge in [-0.1, -0.05) is 0 Å². The van der Waals surface area contributed by atoms with Gasteiger partial charge in [0.25, 0.3) is 0 Å². The van der Waals surface area contributed by atoms with Crippen LogP contribution in [-0.2, 0) is 4.74 Å². The van der Waals surface area contributed by atoms with Crippen LogP contribution in [0, 0.1) is 6.92 Å². The summed E-state index contributed by atoms with van der Waals surface area (Å²) in [5.74, 6) is 0.944. The summed E-state index contributed by atoms with van der Waals surface area (Å²) in [4.78, 5) is 4.36. The lowest BCUT2D eigenvalue weighted by atomic mass is 10.0. The fraction of sp³-hybridized carbons (Fsp3) is 0.583. The molecule has 16 heavy (non-hydrogen) atoms. The van der Waals surface area contributed by atoms with E-state index in [0.717, 1.165) is 29.7 Å². The van der Waals surface area contributed by atoms with Crippen LogP contribution in [0.2, 0.25) is 0 Å². The second-order valence-corrected chi connectivity index (χ2v) is 5.13. The van der Waals surface area contributed by atoms with Crippen LogP contribution < -0.4 is 5.32 Å². The van der Waals surface area contributed by atoms with Gasteiger partial charge in [-0.3, -0.25) is 0 Å². The number of hydrogen-bond donors (Lipinski definition) is 1. The Morgan fingerprint density at radius 3 is 3.12 bits per heavy atom. The van der Waals surface area contributed by atoms with E-state index in [1.54, 1.807) is 0 Å². The molecule has 2 heterocycles. The number of rotatable bonds is 2. The minimum Gasteiger partial charge on any atom is -0.378 e. The first-order chi connectivity index (χ1) is 7.66. The Labute approximate surface area is 105 Å². The van der Waals surface area contributed by atoms with Crippen molar-refractivity contribution in [2.45, 2.75) is 38.8 Å². The van der Waals surface area contributed by atoms with Crippen LogP contribution in [0.15, 0.2) is 16.7 Å². The molecule has 0 saturated carbocycles. The fourth-order valence-electron chi connectivity index (χ4n) is 1.96. The number of anilines is 1. The summed E-state index contributed by atoms with van der Waals surface area (Å²) >= 11 is 3.57. The summed E-state index contributed by atoms with van der Waals surface area (Å²) in [6, 6.07) is 2.47. The summed E-state index contributed by atoms with van der Waals surface area (Å²) in [5.41, 5.74) is 1.21. The quantitative estimate of drug-likeness (QED) is 0.906. The van der Waals surface area contributed by atoms with Gasteiger partial charge in [-0.25, -0.2) is 4.98 Å². The molecule has 0 aromatic carbocycles. The molecule has 0 aliphatic carbocycles. The van der Waals surface area contributed by atoms with Gasteiger partial charge in [-0.2, -0.15) is 0 Å². The number of pyridine rings is 1. The van der Waals surface area contributed by atoms with Crippen LogP contribution in [0.5, 0.6) is 0 Å². The SMILES string of the molecule is Cc1ccnc(NC2CCOC(C)C2)c1Br. The van der Waals surface area contributed by atoms with Gasteiger partial charge >= 0.3 is 0 Å². The van der Waals surface area contributed by atoms with E-state index in [1.165, 1.54) is 5.56 Å². The molecule has 2 atom stereocenters. The third kappa shape index (κ3) is 2.74. The van der Waals surface area contributed by atoms with Crippen LogP contribution in [0.25, 0.3) is 0 Å². The Hall–Kier alpha value is -0.610. The van der Waals surface area contributed by atoms with E-state index in [0.29, 0.717) is 12.1 Å². The molecular formula is C12H17BrN2O. The van der Waals surface area contributed by atoms with Gasteiger partial charge in [0, 0.05) is 18.8 Å². The average molecular weight is 285 g/mol. The van der Waals surface area contributed by atoms with Gasteiger partial charge in [0.1, 0.15) is 5.82 Å². The summed E-state index contributed by atoms with van der Waals surface area (Å²) in [5, 5.41) is 3.48. The average Bonchev–Trinajstić information content (AvgIpc) is 2.25. The first-order valence-electron chi connectivity index (χ1n) is 5.66. The van der Waals surface area contributed by atoms with Gasteiger partial charge in [0.05, 0.1) is 10.6 Å². The third-order valence-electron chi connectivity index (χ3n) is 2.91. The molecule has 0 spiro atoms. The molecule has 0 bridgehead atoms. The second kappa shape index (κ2) is 5.15. The Bertz CT molecular complexity index is 370. The van der Waals surface area contributed by atoms with Gasteiger partial charge in [0.15, 0.2) is 0 Å². The molecule has 2 unspecified atom stereocenters. The highest BCUT2D eigenvalue weighted by atomic mass is 79.9. The number of halogens is 1. The Morgan fingerprint density at radius 1 is 1.56 bits per heavy atom. The van der Waals surface area contributed by atoms with Gasteiger partial charge < -0.3 is 10.1 Å². The van der Waals surface area contributed by atoms with E-state index in [-0.39, 0.29) is 0 Å². The maximum atomic E-state index is 5.53. The highest BCUT2D eigenvalue weighted by Crippen LogP contribution is 2.26. The van der Waals surface area contributed by atoms with Crippen LogP contribution in [0.4, 0.5) is 5.82 Å². The molecule has 1 fully saturated rings. The molecule has 2 rings (SSSR count). The standard InChI is InChI=1S/C12H17BrN2O/c1-8-3-5-14-12(11(8)13)15-10-4-6-16-9(2)7-10/h3,5,9-10H,4,6-7H2,1-2H3,(H,14,15). The fourth-order valence-corrected chi connectivity index (χ4v) is 2.31. The summed E-state index contributed by atoms with van der Waals surface area (Å²) in [6.07, 6.45) is 4.27. The number of ether oxygens (including phenoxy) is 1. The Kier molecular flexibility index (Phi) is 3.82. The molecule has 0 radical (unpaired) electrons. The molecule has 1 aliphatic rings. The number of nitrogens with zero attached hydrogens (tertiary/aromatic N) is 1. The van der Waals surface area contributed by atoms with Crippen molar-refractivity contribution < 1.29 is 4.74 Å². The lowest BCUT2D eigenvalue weighted by molar-refractivity contribution is 0.0231. The van der Waals surface area contributed by atoms with Crippen molar-refractivity contribution in [3.05, 3.63) is 22.3 Å². The molecule has 1 aromatic heterocycles. The number of aryl methyl sites for hydroxylation is 1. The van der Waals surface area contributed by atoms with Crippen molar-refractivity contribution in [2.24, 2.45) is 0 Å². The second-order valence-electron chi connectivity index (χ2n) is 4.34. The summed E-state index contributed by atoms with van der Waals surface area (Å²) in [7, 11) is 0. The van der Waals surface area contributed by atoms with Crippen molar-refractivity contribution in [3.63, 3.8) is 0 Å². The van der Waals surface area contributed by atoms with Crippen LogP contribution in [-0.4, -0.2) is 23.7 Å². The first kappa shape index (κ1) is 11.9. The first-order valence-corrected chi connectivity index (χ1v) is 6.45. The Morgan fingerprint density at radius 2 is 2.38 bits per heavy atom. The van der Waals surface area contributed by atoms with Gasteiger partial charge in [-0.05, 0) is 54.2 Å². The summed E-state index contributed by atoms with van der Waals surface area (Å²) < 4.78 is 6.59. The predicted molar refractivity (Wildman–Crippen MR) is 68.7 cm³/mol. The van der Waals surface area contributed by atoms with Gasteiger partial charge in [-0.15, -0.1) is 0 Å². The van der Waals surface area contributed by atoms with Crippen LogP contribution >= 0.6 is 15.9 Å². The van der Waals surface area contributed by atoms with Crippen molar-refractivity contribution in [1.29, 1.82) is 0 Å². The van der Waals surface area contributed by atoms with Crippen LogP contribution in [0.1, 0.15) is 25.3 Å². The zero-order valence-corrected chi connectivity index (χ0v) is 11.3. The molecule has 88 valence electrons. The van der Waals surface area contributed by atoms with E-state index < -0.39 is 0 Å². The minimum atomic E-state index is 0.342. The van der Waals surface area contributed by atoms with Crippen LogP contribution in [0.3, 0.4) is 0 Å². The maximum absolute atomic E-state index is 5.53. The molecule has 4 heteroatoms. The number of hydrogen-bond acceptors (Lipinski definition) is 3. The zero-order valence-electron chi connectivity index (χ0n) is 9.66. The normalized spacial score (nSPS) is 25.4. The van der Waals surface area contributed by atoms with E-state index in [9.17, 15) is 0 Å². The highest BCUT2D eigenvalue weighted by Gasteiger charge is 2.20. The van der Waals surface area contributed by atoms with E-state index >= 15 is 0 Å². The highest BCUT2D eigenvalue weighted by molar-refractivity contribution is 9.10. The van der Waals surface area contributed by atoms with E-state index in [4.69, 9.17) is 4.74 Å². The predicted octanol–water partition coefficient (Wildman–Crippen LogP) is 3.13. The minimum absolute atomic E-state index is 0.342. The maximum Gasteiger partial charge on any atom is 0.140 e. The topological polar surface area (TPSA) is 34.2 Å². The number of nitrogens with one attached hydrogen (secondary N) is 1. The van der Waals surface area contributed by atoms with Crippen molar-refractivity contribution >= 4 is 21.7 Å². The Balaban J connectivity index is 2.05. The largest absolute Gasteiger partial charge is 0.378 e. The van der Waals surface area contributed by atoms with Crippen molar-refractivity contribution in [1.82, 2.24) is 4.98 Å². The molecule has 1 aromatic rings. The van der Waals surface area contributed by atoms with Crippen molar-refractivity contribution in [2.75, 3.05) is 11.9 Å². The number of aromatic nitrogens is 1. The zero-order chi connectivity index (χ0) is 11.5. The van der Waals surface area contributed by atoms with Crippen molar-refractivity contribution in [3.8, 4) is 0 Å². The molecule has 1 aliphatic heterocycles. The smallest absolute Gasteiger partial charge is 0.140 e. The van der Waals surface area contributed by atoms with E-state index in [1.807, 2.05) is 12.3 Å². The molecular weight excluding hydrogens is 268 g/mol. The van der Waals surface area contributed by atoms with E-state index in [2.05, 4.69) is 40.1 Å². The molecule has 1 saturated heterocycles.